The van der Waals surface area contributed by atoms with Crippen molar-refractivity contribution in [3.05, 3.63) is 87.8 Å². The van der Waals surface area contributed by atoms with Crippen molar-refractivity contribution in [2.24, 2.45) is 0 Å². The normalized spacial score (nSPS) is 17.1. The Labute approximate surface area is 221 Å². The highest BCUT2D eigenvalue weighted by molar-refractivity contribution is 6.34. The lowest BCUT2D eigenvalue weighted by Gasteiger charge is -2.31. The summed E-state index contributed by atoms with van der Waals surface area (Å²) in [6.07, 6.45) is -0.391. The summed E-state index contributed by atoms with van der Waals surface area (Å²) >= 11 is 0. The van der Waals surface area contributed by atoms with Crippen molar-refractivity contribution in [3.8, 4) is 0 Å². The van der Waals surface area contributed by atoms with Gasteiger partial charge in [0.25, 0.3) is 11.8 Å². The van der Waals surface area contributed by atoms with Crippen molar-refractivity contribution in [2.45, 2.75) is 39.7 Å². The lowest BCUT2D eigenvalue weighted by Crippen LogP contribution is -2.34. The molecule has 4 rings (SSSR count). The third-order valence-corrected chi connectivity index (χ3v) is 6.32. The van der Waals surface area contributed by atoms with Gasteiger partial charge in [0.05, 0.1) is 46.6 Å². The molecule has 0 aromatic heterocycles. The van der Waals surface area contributed by atoms with Crippen molar-refractivity contribution in [1.29, 1.82) is 0 Å². The summed E-state index contributed by atoms with van der Waals surface area (Å²) in [5.74, 6) is -2.95. The van der Waals surface area contributed by atoms with Crippen LogP contribution in [0.1, 0.15) is 59.9 Å². The van der Waals surface area contributed by atoms with Crippen LogP contribution in [0.2, 0.25) is 0 Å². The van der Waals surface area contributed by atoms with Crippen LogP contribution in [0.15, 0.2) is 71.1 Å². The molecule has 1 atom stereocenters. The summed E-state index contributed by atoms with van der Waals surface area (Å²) in [5.41, 5.74) is 2.99. The molecule has 2 aliphatic heterocycles. The number of allylic oxidation sites excluding steroid dienone is 2. The second-order valence-corrected chi connectivity index (χ2v) is 9.30. The first-order valence-corrected chi connectivity index (χ1v) is 12.3. The number of hydrogen-bond donors (Lipinski definition) is 1. The van der Waals surface area contributed by atoms with Gasteiger partial charge in [0.2, 0.25) is 0 Å². The third-order valence-electron chi connectivity index (χ3n) is 6.32. The van der Waals surface area contributed by atoms with Crippen LogP contribution in [-0.2, 0) is 23.8 Å². The number of imide groups is 1. The number of ether oxygens (including phenoxy) is 3. The van der Waals surface area contributed by atoms with Crippen molar-refractivity contribution in [1.82, 2.24) is 5.32 Å². The molecule has 198 valence electrons. The predicted molar refractivity (Wildman–Crippen MR) is 139 cm³/mol. The van der Waals surface area contributed by atoms with Crippen molar-refractivity contribution < 1.29 is 33.4 Å². The third kappa shape index (κ3) is 4.97. The average Bonchev–Trinajstić information content (AvgIpc) is 3.13. The number of hydrogen-bond acceptors (Lipinski definition) is 8. The molecule has 0 saturated carbocycles. The summed E-state index contributed by atoms with van der Waals surface area (Å²) in [7, 11) is 1.50. The molecule has 9 heteroatoms. The van der Waals surface area contributed by atoms with Gasteiger partial charge >= 0.3 is 11.9 Å². The zero-order valence-electron chi connectivity index (χ0n) is 22.0. The van der Waals surface area contributed by atoms with Crippen LogP contribution >= 0.6 is 0 Å². The minimum absolute atomic E-state index is 0.0301. The minimum Gasteiger partial charge on any atom is -0.460 e. The molecule has 38 heavy (non-hydrogen) atoms. The highest BCUT2D eigenvalue weighted by Gasteiger charge is 2.40. The van der Waals surface area contributed by atoms with E-state index in [-0.39, 0.29) is 24.4 Å². The predicted octanol–water partition coefficient (Wildman–Crippen LogP) is 3.86. The molecule has 0 aliphatic carbocycles. The summed E-state index contributed by atoms with van der Waals surface area (Å²) in [6.45, 7) is 7.17. The fourth-order valence-corrected chi connectivity index (χ4v) is 4.71. The Morgan fingerprint density at radius 1 is 0.895 bits per heavy atom. The molecule has 0 bridgehead atoms. The number of rotatable bonds is 8. The summed E-state index contributed by atoms with van der Waals surface area (Å²) < 4.78 is 16.0. The van der Waals surface area contributed by atoms with Gasteiger partial charge in [-0.05, 0) is 57.5 Å². The zero-order chi connectivity index (χ0) is 27.6. The van der Waals surface area contributed by atoms with Gasteiger partial charge in [-0.15, -0.1) is 0 Å². The Morgan fingerprint density at radius 3 is 2.08 bits per heavy atom. The van der Waals surface area contributed by atoms with Gasteiger partial charge in [0.15, 0.2) is 0 Å². The van der Waals surface area contributed by atoms with Crippen LogP contribution in [0, 0.1) is 0 Å². The summed E-state index contributed by atoms with van der Waals surface area (Å²) in [5, 5.41) is 3.11. The van der Waals surface area contributed by atoms with Gasteiger partial charge in [0.1, 0.15) is 6.61 Å². The van der Waals surface area contributed by atoms with Crippen LogP contribution < -0.4 is 10.2 Å². The standard InChI is InChI=1S/C29H30N2O7/c1-16(2)38-29(35)24-18(4)30-17(3)23(28(34)37-14-13-36-5)25(24)19-9-8-10-20(15-19)31-26(32)21-11-6-7-12-22(21)27(31)33/h6-12,15-16,25,30H,13-14H2,1-5H3. The largest absolute Gasteiger partial charge is 0.460 e. The first-order valence-electron chi connectivity index (χ1n) is 12.3. The topological polar surface area (TPSA) is 111 Å². The fraction of sp³-hybridized carbons (Fsp3) is 0.310. The van der Waals surface area contributed by atoms with Crippen LogP contribution in [0.4, 0.5) is 5.69 Å². The molecule has 2 aliphatic rings. The molecule has 0 spiro atoms. The minimum atomic E-state index is -0.868. The number of benzene rings is 2. The van der Waals surface area contributed by atoms with Gasteiger partial charge in [-0.2, -0.15) is 0 Å². The van der Waals surface area contributed by atoms with Gasteiger partial charge in [0, 0.05) is 18.5 Å². The van der Waals surface area contributed by atoms with E-state index in [1.54, 1.807) is 76.2 Å². The molecule has 2 aromatic carbocycles. The van der Waals surface area contributed by atoms with E-state index < -0.39 is 35.8 Å². The molecule has 0 radical (unpaired) electrons. The average molecular weight is 519 g/mol. The van der Waals surface area contributed by atoms with E-state index in [2.05, 4.69) is 5.32 Å². The lowest BCUT2D eigenvalue weighted by molar-refractivity contribution is -0.143. The fourth-order valence-electron chi connectivity index (χ4n) is 4.71. The summed E-state index contributed by atoms with van der Waals surface area (Å²) in [4.78, 5) is 53.9. The maximum atomic E-state index is 13.3. The maximum absolute atomic E-state index is 13.3. The van der Waals surface area contributed by atoms with E-state index in [0.29, 0.717) is 33.8 Å². The number of methoxy groups -OCH3 is 1. The van der Waals surface area contributed by atoms with Gasteiger partial charge in [-0.25, -0.2) is 14.5 Å². The Morgan fingerprint density at radius 2 is 1.50 bits per heavy atom. The second-order valence-electron chi connectivity index (χ2n) is 9.30. The Kier molecular flexibility index (Phi) is 7.78. The van der Waals surface area contributed by atoms with Gasteiger partial charge in [-0.3, -0.25) is 9.59 Å². The number of nitrogens with zero attached hydrogens (tertiary/aromatic N) is 1. The molecular formula is C29H30N2O7. The van der Waals surface area contributed by atoms with Crippen molar-refractivity contribution in [3.63, 3.8) is 0 Å². The number of amides is 2. The van der Waals surface area contributed by atoms with E-state index in [1.807, 2.05) is 0 Å². The number of esters is 2. The molecule has 2 aromatic rings. The number of dihydropyridines is 1. The van der Waals surface area contributed by atoms with E-state index in [9.17, 15) is 19.2 Å². The first kappa shape index (κ1) is 26.8. The Hall–Kier alpha value is -4.24. The second kappa shape index (κ2) is 11.0. The van der Waals surface area contributed by atoms with E-state index >= 15 is 0 Å². The van der Waals surface area contributed by atoms with E-state index in [4.69, 9.17) is 14.2 Å². The lowest BCUT2D eigenvalue weighted by atomic mass is 9.80. The Balaban J connectivity index is 1.81. The molecule has 2 heterocycles. The molecule has 2 amide bonds. The highest BCUT2D eigenvalue weighted by Crippen LogP contribution is 2.41. The monoisotopic (exact) mass is 518 g/mol. The summed E-state index contributed by atoms with van der Waals surface area (Å²) in [6, 6.07) is 13.3. The molecular weight excluding hydrogens is 488 g/mol. The van der Waals surface area contributed by atoms with Crippen LogP contribution in [-0.4, -0.2) is 50.2 Å². The maximum Gasteiger partial charge on any atom is 0.337 e. The molecule has 9 nitrogen and oxygen atoms in total. The SMILES string of the molecule is COCCOC(=O)C1=C(C)NC(C)=C(C(=O)OC(C)C)C1c1cccc(N2C(=O)c3ccccc3C2=O)c1. The molecule has 1 N–H and O–H groups in total. The first-order chi connectivity index (χ1) is 18.1. The van der Waals surface area contributed by atoms with E-state index in [1.165, 1.54) is 7.11 Å². The number of nitrogens with one attached hydrogen (secondary N) is 1. The number of carbonyl (C=O) groups is 4. The molecule has 0 fully saturated rings. The number of anilines is 1. The van der Waals surface area contributed by atoms with Crippen LogP contribution in [0.5, 0.6) is 0 Å². The van der Waals surface area contributed by atoms with Crippen molar-refractivity contribution in [2.75, 3.05) is 25.2 Å². The van der Waals surface area contributed by atoms with Gasteiger partial charge in [-0.1, -0.05) is 24.3 Å². The van der Waals surface area contributed by atoms with Gasteiger partial charge < -0.3 is 19.5 Å². The number of fused-ring (bicyclic) bond motifs is 1. The van der Waals surface area contributed by atoms with Crippen molar-refractivity contribution >= 4 is 29.4 Å². The zero-order valence-corrected chi connectivity index (χ0v) is 22.0. The molecule has 0 saturated heterocycles. The van der Waals surface area contributed by atoms with Crippen LogP contribution in [0.3, 0.4) is 0 Å². The molecule has 1 unspecified atom stereocenters. The van der Waals surface area contributed by atoms with Crippen LogP contribution in [0.25, 0.3) is 0 Å². The van der Waals surface area contributed by atoms with E-state index in [0.717, 1.165) is 4.90 Å². The highest BCUT2D eigenvalue weighted by atomic mass is 16.6. The quantitative estimate of drug-likeness (QED) is 0.319. The number of carbonyl (C=O) groups excluding carboxylic acids is 4. The smallest absolute Gasteiger partial charge is 0.337 e. The Bertz CT molecular complexity index is 1340.